The van der Waals surface area contributed by atoms with E-state index in [1.165, 1.54) is 31.0 Å². The lowest BCUT2D eigenvalue weighted by molar-refractivity contribution is 0.0962. The maximum atomic E-state index is 11.4. The first-order valence-electron chi connectivity index (χ1n) is 7.68. The van der Waals surface area contributed by atoms with E-state index in [1.54, 1.807) is 19.2 Å². The Balaban J connectivity index is 1.94. The molecule has 1 aromatic carbocycles. The predicted octanol–water partition coefficient (Wildman–Crippen LogP) is 3.97. The minimum absolute atomic E-state index is 0.157. The van der Waals surface area contributed by atoms with Gasteiger partial charge < -0.3 is 10.1 Å². The van der Waals surface area contributed by atoms with Crippen molar-refractivity contribution in [3.63, 3.8) is 0 Å². The van der Waals surface area contributed by atoms with E-state index in [2.05, 4.69) is 29.4 Å². The van der Waals surface area contributed by atoms with Crippen LogP contribution in [0.4, 0.5) is 0 Å². The quantitative estimate of drug-likeness (QED) is 0.787. The summed E-state index contributed by atoms with van der Waals surface area (Å²) >= 11 is 0. The molecule has 0 radical (unpaired) electrons. The lowest BCUT2D eigenvalue weighted by atomic mass is 10.1. The van der Waals surface area contributed by atoms with Crippen LogP contribution in [0.1, 0.15) is 42.1 Å². The van der Waals surface area contributed by atoms with E-state index in [0.29, 0.717) is 11.4 Å². The number of nitrogens with zero attached hydrogens (tertiary/aromatic N) is 1. The van der Waals surface area contributed by atoms with Crippen LogP contribution in [0.2, 0.25) is 0 Å². The Morgan fingerprint density at radius 2 is 1.91 bits per heavy atom. The summed E-state index contributed by atoms with van der Waals surface area (Å²) in [6.07, 6.45) is 6.33. The molecule has 4 nitrogen and oxygen atoms in total. The molecule has 22 heavy (non-hydrogen) atoms. The Morgan fingerprint density at radius 1 is 1.14 bits per heavy atom. The SMILES string of the molecule is CCCCCc1ccc(Oc2ccc(C(=O)NC)cn2)cc1. The molecular weight excluding hydrogens is 276 g/mol. The Bertz CT molecular complexity index is 591. The third-order valence-electron chi connectivity index (χ3n) is 3.44. The molecule has 0 atom stereocenters. The standard InChI is InChI=1S/C18H22N2O2/c1-3-4-5-6-14-7-10-16(11-8-14)22-17-12-9-15(13-20-17)18(21)19-2/h7-13H,3-6H2,1-2H3,(H,19,21). The second kappa shape index (κ2) is 8.17. The highest BCUT2D eigenvalue weighted by atomic mass is 16.5. The minimum Gasteiger partial charge on any atom is -0.439 e. The molecule has 0 saturated heterocycles. The van der Waals surface area contributed by atoms with Crippen molar-refractivity contribution in [3.8, 4) is 11.6 Å². The second-order valence-electron chi connectivity index (χ2n) is 5.17. The Labute approximate surface area is 131 Å². The number of carbonyl (C=O) groups is 1. The summed E-state index contributed by atoms with van der Waals surface area (Å²) in [5.74, 6) is 1.07. The zero-order valence-electron chi connectivity index (χ0n) is 13.1. The third kappa shape index (κ3) is 4.58. The summed E-state index contributed by atoms with van der Waals surface area (Å²) in [4.78, 5) is 15.6. The van der Waals surface area contributed by atoms with Crippen LogP contribution in [0.5, 0.6) is 11.6 Å². The number of pyridine rings is 1. The largest absolute Gasteiger partial charge is 0.439 e. The Morgan fingerprint density at radius 3 is 2.50 bits per heavy atom. The average Bonchev–Trinajstić information content (AvgIpc) is 2.57. The summed E-state index contributed by atoms with van der Waals surface area (Å²) in [6.45, 7) is 2.21. The summed E-state index contributed by atoms with van der Waals surface area (Å²) in [5.41, 5.74) is 1.84. The number of nitrogens with one attached hydrogen (secondary N) is 1. The van der Waals surface area contributed by atoms with Crippen molar-refractivity contribution >= 4 is 5.91 Å². The molecule has 2 rings (SSSR count). The monoisotopic (exact) mass is 298 g/mol. The highest BCUT2D eigenvalue weighted by Gasteiger charge is 2.04. The van der Waals surface area contributed by atoms with Crippen molar-refractivity contribution in [1.82, 2.24) is 10.3 Å². The van der Waals surface area contributed by atoms with Gasteiger partial charge in [0, 0.05) is 19.3 Å². The first kappa shape index (κ1) is 16.0. The van der Waals surface area contributed by atoms with Gasteiger partial charge in [0.25, 0.3) is 5.91 Å². The van der Waals surface area contributed by atoms with Crippen LogP contribution in [-0.4, -0.2) is 17.9 Å². The zero-order valence-corrected chi connectivity index (χ0v) is 13.1. The van der Waals surface area contributed by atoms with Gasteiger partial charge >= 0.3 is 0 Å². The van der Waals surface area contributed by atoms with Crippen molar-refractivity contribution in [2.24, 2.45) is 0 Å². The molecule has 2 aromatic rings. The van der Waals surface area contributed by atoms with Crippen LogP contribution >= 0.6 is 0 Å². The van der Waals surface area contributed by atoms with Gasteiger partial charge in [0.1, 0.15) is 5.75 Å². The van der Waals surface area contributed by atoms with Crippen molar-refractivity contribution in [3.05, 3.63) is 53.7 Å². The fourth-order valence-electron chi connectivity index (χ4n) is 2.14. The van der Waals surface area contributed by atoms with E-state index in [1.807, 2.05) is 12.1 Å². The number of aryl methyl sites for hydroxylation is 1. The van der Waals surface area contributed by atoms with Crippen LogP contribution in [0.3, 0.4) is 0 Å². The highest BCUT2D eigenvalue weighted by molar-refractivity contribution is 5.93. The first-order chi connectivity index (χ1) is 10.7. The molecule has 0 saturated carbocycles. The van der Waals surface area contributed by atoms with Gasteiger partial charge in [-0.1, -0.05) is 31.9 Å². The van der Waals surface area contributed by atoms with Gasteiger partial charge in [0.2, 0.25) is 5.88 Å². The van der Waals surface area contributed by atoms with Crippen LogP contribution in [0, 0.1) is 0 Å². The van der Waals surface area contributed by atoms with Gasteiger partial charge in [-0.2, -0.15) is 0 Å². The van der Waals surface area contributed by atoms with Crippen molar-refractivity contribution < 1.29 is 9.53 Å². The van der Waals surface area contributed by atoms with Crippen LogP contribution in [0.25, 0.3) is 0 Å². The second-order valence-corrected chi connectivity index (χ2v) is 5.17. The van der Waals surface area contributed by atoms with Crippen LogP contribution < -0.4 is 10.1 Å². The molecule has 0 aliphatic rings. The molecule has 116 valence electrons. The van der Waals surface area contributed by atoms with E-state index in [4.69, 9.17) is 4.74 Å². The number of carbonyl (C=O) groups excluding carboxylic acids is 1. The predicted molar refractivity (Wildman–Crippen MR) is 87.4 cm³/mol. The van der Waals surface area contributed by atoms with Gasteiger partial charge in [0.05, 0.1) is 5.56 Å². The molecule has 0 aliphatic heterocycles. The highest BCUT2D eigenvalue weighted by Crippen LogP contribution is 2.20. The molecule has 4 heteroatoms. The van der Waals surface area contributed by atoms with Crippen molar-refractivity contribution in [1.29, 1.82) is 0 Å². The smallest absolute Gasteiger partial charge is 0.252 e. The molecule has 1 N–H and O–H groups in total. The molecule has 0 unspecified atom stereocenters. The number of unbranched alkanes of at least 4 members (excludes halogenated alkanes) is 2. The lowest BCUT2D eigenvalue weighted by Gasteiger charge is -2.07. The zero-order chi connectivity index (χ0) is 15.8. The molecule has 1 heterocycles. The lowest BCUT2D eigenvalue weighted by Crippen LogP contribution is -2.17. The Hall–Kier alpha value is -2.36. The van der Waals surface area contributed by atoms with Crippen LogP contribution in [0.15, 0.2) is 42.6 Å². The fourth-order valence-corrected chi connectivity index (χ4v) is 2.14. The van der Waals surface area contributed by atoms with Gasteiger partial charge in [-0.05, 0) is 36.6 Å². The van der Waals surface area contributed by atoms with Gasteiger partial charge in [-0.15, -0.1) is 0 Å². The van der Waals surface area contributed by atoms with Crippen LogP contribution in [-0.2, 0) is 6.42 Å². The molecule has 0 bridgehead atoms. The normalized spacial score (nSPS) is 10.3. The molecule has 0 fully saturated rings. The third-order valence-corrected chi connectivity index (χ3v) is 3.44. The number of amides is 1. The molecule has 1 amide bonds. The van der Waals surface area contributed by atoms with E-state index in [-0.39, 0.29) is 5.91 Å². The fraction of sp³-hybridized carbons (Fsp3) is 0.333. The summed E-state index contributed by atoms with van der Waals surface area (Å²) in [6, 6.07) is 11.5. The number of benzene rings is 1. The molecule has 1 aromatic heterocycles. The summed E-state index contributed by atoms with van der Waals surface area (Å²) in [5, 5.41) is 2.56. The number of rotatable bonds is 7. The summed E-state index contributed by atoms with van der Waals surface area (Å²) in [7, 11) is 1.59. The summed E-state index contributed by atoms with van der Waals surface area (Å²) < 4.78 is 5.68. The van der Waals surface area contributed by atoms with Crippen molar-refractivity contribution in [2.45, 2.75) is 32.6 Å². The van der Waals surface area contributed by atoms with Crippen molar-refractivity contribution in [2.75, 3.05) is 7.05 Å². The van der Waals surface area contributed by atoms with Gasteiger partial charge in [-0.25, -0.2) is 4.98 Å². The van der Waals surface area contributed by atoms with E-state index < -0.39 is 0 Å². The topological polar surface area (TPSA) is 51.2 Å². The molecule has 0 spiro atoms. The Kier molecular flexibility index (Phi) is 5.95. The van der Waals surface area contributed by atoms with E-state index in [9.17, 15) is 4.79 Å². The van der Waals surface area contributed by atoms with E-state index >= 15 is 0 Å². The van der Waals surface area contributed by atoms with Gasteiger partial charge in [-0.3, -0.25) is 4.79 Å². The van der Waals surface area contributed by atoms with E-state index in [0.717, 1.165) is 12.2 Å². The molecule has 0 aliphatic carbocycles. The van der Waals surface area contributed by atoms with Gasteiger partial charge in [0.15, 0.2) is 0 Å². The maximum absolute atomic E-state index is 11.4. The number of hydrogen-bond donors (Lipinski definition) is 1. The minimum atomic E-state index is -0.157. The number of aromatic nitrogens is 1. The number of ether oxygens (including phenoxy) is 1. The average molecular weight is 298 g/mol. The first-order valence-corrected chi connectivity index (χ1v) is 7.68. The number of hydrogen-bond acceptors (Lipinski definition) is 3. The maximum Gasteiger partial charge on any atom is 0.252 e. The molecular formula is C18H22N2O2.